The third-order valence-corrected chi connectivity index (χ3v) is 5.28. The van der Waals surface area contributed by atoms with Gasteiger partial charge < -0.3 is 10.6 Å². The van der Waals surface area contributed by atoms with Crippen LogP contribution in [0.1, 0.15) is 36.9 Å². The third-order valence-electron chi connectivity index (χ3n) is 5.28. The van der Waals surface area contributed by atoms with Gasteiger partial charge >= 0.3 is 0 Å². The van der Waals surface area contributed by atoms with Gasteiger partial charge in [0.05, 0.1) is 12.2 Å². The van der Waals surface area contributed by atoms with Gasteiger partial charge in [0, 0.05) is 37.9 Å². The van der Waals surface area contributed by atoms with Crippen LogP contribution in [0.15, 0.2) is 6.20 Å². The number of aromatic nitrogens is 2. The predicted octanol–water partition coefficient (Wildman–Crippen LogP) is 1.23. The van der Waals surface area contributed by atoms with Crippen molar-refractivity contribution in [3.05, 3.63) is 17.5 Å². The van der Waals surface area contributed by atoms with Gasteiger partial charge in [0.1, 0.15) is 0 Å². The molecule has 6 nitrogen and oxygen atoms in total. The van der Waals surface area contributed by atoms with Crippen LogP contribution in [0.3, 0.4) is 0 Å². The Kier molecular flexibility index (Phi) is 7.07. The Balaban J connectivity index is 0.00000208. The zero-order valence-electron chi connectivity index (χ0n) is 14.8. The molecule has 3 heterocycles. The molecule has 0 spiro atoms. The number of likely N-dealkylation sites (tertiary alicyclic amines) is 1. The molecular formula is C17H30ClN5O. The molecule has 2 aliphatic rings. The second-order valence-corrected chi connectivity index (χ2v) is 7.02. The standard InChI is InChI=1S/C17H29N5O.ClH/c1-13-15(10-20-21(13)2)12-22-8-4-5-14(11-22)9-19-17(23)16-6-3-7-18-16;/h10,14,16,18H,3-9,11-12H2,1-2H3,(H,19,23);1H. The Hall–Kier alpha value is -1.11. The van der Waals surface area contributed by atoms with E-state index in [4.69, 9.17) is 0 Å². The first-order chi connectivity index (χ1) is 11.1. The molecule has 0 radical (unpaired) electrons. The number of piperidine rings is 1. The first kappa shape index (κ1) is 19.2. The molecule has 3 rings (SSSR count). The van der Waals surface area contributed by atoms with Crippen LogP contribution >= 0.6 is 12.4 Å². The highest BCUT2D eigenvalue weighted by molar-refractivity contribution is 5.85. The largest absolute Gasteiger partial charge is 0.354 e. The van der Waals surface area contributed by atoms with E-state index in [1.165, 1.54) is 24.1 Å². The number of rotatable bonds is 5. The molecule has 1 aromatic heterocycles. The van der Waals surface area contributed by atoms with E-state index in [0.29, 0.717) is 5.92 Å². The van der Waals surface area contributed by atoms with E-state index in [1.54, 1.807) is 0 Å². The Bertz CT molecular complexity index is 541. The van der Waals surface area contributed by atoms with Gasteiger partial charge in [-0.15, -0.1) is 12.4 Å². The van der Waals surface area contributed by atoms with Crippen LogP contribution in [0, 0.1) is 12.8 Å². The molecule has 1 amide bonds. The number of carbonyl (C=O) groups excluding carboxylic acids is 1. The molecular weight excluding hydrogens is 326 g/mol. The van der Waals surface area contributed by atoms with Crippen molar-refractivity contribution in [3.63, 3.8) is 0 Å². The second kappa shape index (κ2) is 8.83. The van der Waals surface area contributed by atoms with Crippen molar-refractivity contribution < 1.29 is 4.79 Å². The maximum Gasteiger partial charge on any atom is 0.237 e. The van der Waals surface area contributed by atoms with E-state index in [1.807, 2.05) is 17.9 Å². The topological polar surface area (TPSA) is 62.2 Å². The van der Waals surface area contributed by atoms with Gasteiger partial charge in [0.2, 0.25) is 5.91 Å². The highest BCUT2D eigenvalue weighted by Crippen LogP contribution is 2.19. The van der Waals surface area contributed by atoms with E-state index >= 15 is 0 Å². The zero-order chi connectivity index (χ0) is 16.2. The number of carbonyl (C=O) groups is 1. The zero-order valence-corrected chi connectivity index (χ0v) is 15.6. The fraction of sp³-hybridized carbons (Fsp3) is 0.765. The van der Waals surface area contributed by atoms with E-state index in [0.717, 1.165) is 45.6 Å². The normalized spacial score (nSPS) is 24.6. The summed E-state index contributed by atoms with van der Waals surface area (Å²) in [6.45, 7) is 7.07. The average Bonchev–Trinajstić information content (AvgIpc) is 3.19. The second-order valence-electron chi connectivity index (χ2n) is 7.02. The molecule has 0 bridgehead atoms. The van der Waals surface area contributed by atoms with Gasteiger partial charge in [-0.2, -0.15) is 5.10 Å². The molecule has 0 aliphatic carbocycles. The lowest BCUT2D eigenvalue weighted by molar-refractivity contribution is -0.123. The lowest BCUT2D eigenvalue weighted by atomic mass is 9.97. The fourth-order valence-electron chi connectivity index (χ4n) is 3.68. The van der Waals surface area contributed by atoms with Crippen LogP contribution in [0.5, 0.6) is 0 Å². The summed E-state index contributed by atoms with van der Waals surface area (Å²) < 4.78 is 1.94. The average molecular weight is 356 g/mol. The highest BCUT2D eigenvalue weighted by atomic mass is 35.5. The number of amides is 1. The summed E-state index contributed by atoms with van der Waals surface area (Å²) in [5.41, 5.74) is 2.56. The molecule has 2 saturated heterocycles. The van der Waals surface area contributed by atoms with Gasteiger partial charge in [-0.3, -0.25) is 14.4 Å². The minimum absolute atomic E-state index is 0. The van der Waals surface area contributed by atoms with E-state index < -0.39 is 0 Å². The molecule has 2 unspecified atom stereocenters. The summed E-state index contributed by atoms with van der Waals surface area (Å²) >= 11 is 0. The summed E-state index contributed by atoms with van der Waals surface area (Å²) in [6, 6.07) is 0.0349. The number of nitrogens with one attached hydrogen (secondary N) is 2. The van der Waals surface area contributed by atoms with Gasteiger partial charge in [-0.1, -0.05) is 0 Å². The molecule has 24 heavy (non-hydrogen) atoms. The molecule has 2 fully saturated rings. The van der Waals surface area contributed by atoms with Crippen molar-refractivity contribution in [2.75, 3.05) is 26.2 Å². The van der Waals surface area contributed by atoms with Crippen LogP contribution in [0.25, 0.3) is 0 Å². The number of nitrogens with zero attached hydrogens (tertiary/aromatic N) is 3. The SMILES string of the molecule is Cc1c(CN2CCCC(CNC(=O)C3CCCN3)C2)cnn1C.Cl. The summed E-state index contributed by atoms with van der Waals surface area (Å²) in [5, 5.41) is 10.7. The smallest absolute Gasteiger partial charge is 0.237 e. The Labute approximate surface area is 150 Å². The first-order valence-electron chi connectivity index (χ1n) is 8.84. The van der Waals surface area contributed by atoms with E-state index in [-0.39, 0.29) is 24.4 Å². The van der Waals surface area contributed by atoms with Crippen LogP contribution in [-0.2, 0) is 18.4 Å². The third kappa shape index (κ3) is 4.71. The van der Waals surface area contributed by atoms with Gasteiger partial charge in [0.25, 0.3) is 0 Å². The van der Waals surface area contributed by atoms with Gasteiger partial charge in [0.15, 0.2) is 0 Å². The summed E-state index contributed by atoms with van der Waals surface area (Å²) in [4.78, 5) is 14.6. The van der Waals surface area contributed by atoms with Crippen LogP contribution in [0.2, 0.25) is 0 Å². The Morgan fingerprint density at radius 1 is 1.42 bits per heavy atom. The molecule has 0 aromatic carbocycles. The lowest BCUT2D eigenvalue weighted by Gasteiger charge is -2.33. The monoisotopic (exact) mass is 355 g/mol. The quantitative estimate of drug-likeness (QED) is 0.834. The molecule has 2 N–H and O–H groups in total. The van der Waals surface area contributed by atoms with Crippen LogP contribution in [0.4, 0.5) is 0 Å². The van der Waals surface area contributed by atoms with E-state index in [2.05, 4.69) is 27.6 Å². The molecule has 0 saturated carbocycles. The summed E-state index contributed by atoms with van der Waals surface area (Å²) in [6.07, 6.45) is 6.48. The highest BCUT2D eigenvalue weighted by Gasteiger charge is 2.25. The van der Waals surface area contributed by atoms with Crippen molar-refractivity contribution >= 4 is 18.3 Å². The van der Waals surface area contributed by atoms with Gasteiger partial charge in [-0.05, 0) is 51.6 Å². The van der Waals surface area contributed by atoms with Gasteiger partial charge in [-0.25, -0.2) is 0 Å². The van der Waals surface area contributed by atoms with E-state index in [9.17, 15) is 4.79 Å². The molecule has 7 heteroatoms. The first-order valence-corrected chi connectivity index (χ1v) is 8.84. The van der Waals surface area contributed by atoms with Crippen molar-refractivity contribution in [1.29, 1.82) is 0 Å². The molecule has 2 aliphatic heterocycles. The molecule has 2 atom stereocenters. The predicted molar refractivity (Wildman–Crippen MR) is 97.2 cm³/mol. The fourth-order valence-corrected chi connectivity index (χ4v) is 3.68. The maximum atomic E-state index is 12.1. The number of halogens is 1. The summed E-state index contributed by atoms with van der Waals surface area (Å²) in [5.74, 6) is 0.744. The number of aryl methyl sites for hydroxylation is 1. The maximum absolute atomic E-state index is 12.1. The van der Waals surface area contributed by atoms with Crippen molar-refractivity contribution in [1.82, 2.24) is 25.3 Å². The van der Waals surface area contributed by atoms with Crippen LogP contribution < -0.4 is 10.6 Å². The van der Waals surface area contributed by atoms with Crippen molar-refractivity contribution in [2.24, 2.45) is 13.0 Å². The lowest BCUT2D eigenvalue weighted by Crippen LogP contribution is -2.45. The van der Waals surface area contributed by atoms with Crippen LogP contribution in [-0.4, -0.2) is 52.8 Å². The Morgan fingerprint density at radius 3 is 2.92 bits per heavy atom. The minimum atomic E-state index is 0. The molecule has 136 valence electrons. The van der Waals surface area contributed by atoms with Crippen molar-refractivity contribution in [2.45, 2.75) is 45.2 Å². The minimum Gasteiger partial charge on any atom is -0.354 e. The number of hydrogen-bond acceptors (Lipinski definition) is 4. The number of hydrogen-bond donors (Lipinski definition) is 2. The Morgan fingerprint density at radius 2 is 2.25 bits per heavy atom. The van der Waals surface area contributed by atoms with Crippen molar-refractivity contribution in [3.8, 4) is 0 Å². The summed E-state index contributed by atoms with van der Waals surface area (Å²) in [7, 11) is 1.99. The molecule has 1 aromatic rings.